The van der Waals surface area contributed by atoms with Crippen molar-refractivity contribution in [3.63, 3.8) is 0 Å². The summed E-state index contributed by atoms with van der Waals surface area (Å²) in [5, 5.41) is 154. The fourth-order valence-corrected chi connectivity index (χ4v) is 16.6. The molecule has 0 aromatic carbocycles. The number of carboxylic acids is 1. The van der Waals surface area contributed by atoms with Gasteiger partial charge in [0.05, 0.1) is 38.1 Å². The number of aliphatic hydroxyl groups is 13. The topological polar surface area (TPSA) is 374 Å². The van der Waals surface area contributed by atoms with E-state index in [1.54, 1.807) is 0 Å². The molecule has 0 amide bonds. The second-order valence-electron chi connectivity index (χ2n) is 26.4. The van der Waals surface area contributed by atoms with Crippen molar-refractivity contribution in [2.75, 3.05) is 19.8 Å². The molecule has 30 atom stereocenters. The molecule has 0 aromatic heterocycles. The predicted octanol–water partition coefficient (Wildman–Crippen LogP) is -1.47. The normalized spacial score (nSPS) is 55.7. The summed E-state index contributed by atoms with van der Waals surface area (Å²) in [7, 11) is 0. The van der Waals surface area contributed by atoms with Crippen LogP contribution >= 0.6 is 0 Å². The van der Waals surface area contributed by atoms with E-state index in [1.165, 1.54) is 12.5 Å². The second-order valence-corrected chi connectivity index (χ2v) is 26.4. The lowest BCUT2D eigenvalue weighted by atomic mass is 9.33. The zero-order valence-corrected chi connectivity index (χ0v) is 45.4. The summed E-state index contributed by atoms with van der Waals surface area (Å²) < 4.78 is 48.3. The number of carboxylic acid groups (broad SMARTS) is 1. The van der Waals surface area contributed by atoms with Crippen LogP contribution in [0.1, 0.15) is 113 Å². The summed E-state index contributed by atoms with van der Waals surface area (Å²) in [6, 6.07) is 0. The van der Waals surface area contributed by atoms with Crippen molar-refractivity contribution < 1.29 is 114 Å². The van der Waals surface area contributed by atoms with Crippen molar-refractivity contribution >= 4 is 5.97 Å². The molecule has 77 heavy (non-hydrogen) atoms. The lowest BCUT2D eigenvalue weighted by Crippen LogP contribution is -2.69. The quantitative estimate of drug-likeness (QED) is 0.0783. The zero-order chi connectivity index (χ0) is 56.4. The lowest BCUT2D eigenvalue weighted by Gasteiger charge is -2.72. The van der Waals surface area contributed by atoms with Gasteiger partial charge in [-0.15, -0.1) is 0 Å². The number of rotatable bonds is 12. The molecule has 23 nitrogen and oxygen atoms in total. The molecule has 8 fully saturated rings. The van der Waals surface area contributed by atoms with Crippen molar-refractivity contribution in [2.24, 2.45) is 50.2 Å². The predicted molar refractivity (Wildman–Crippen MR) is 263 cm³/mol. The van der Waals surface area contributed by atoms with Gasteiger partial charge in [-0.3, -0.25) is 0 Å². The van der Waals surface area contributed by atoms with Crippen molar-refractivity contribution in [3.8, 4) is 0 Å². The summed E-state index contributed by atoms with van der Waals surface area (Å²) >= 11 is 0. The molecule has 442 valence electrons. The average molecular weight is 1110 g/mol. The van der Waals surface area contributed by atoms with E-state index in [0.717, 1.165) is 38.5 Å². The molecule has 0 spiro atoms. The summed E-state index contributed by atoms with van der Waals surface area (Å²) in [5.41, 5.74) is -0.457. The minimum Gasteiger partial charge on any atom is -0.479 e. The molecule has 4 saturated carbocycles. The summed E-state index contributed by atoms with van der Waals surface area (Å²) in [6.45, 7) is 15.1. The largest absolute Gasteiger partial charge is 0.479 e. The first kappa shape index (κ1) is 60.0. The first-order chi connectivity index (χ1) is 36.0. The van der Waals surface area contributed by atoms with Crippen LogP contribution in [0.25, 0.3) is 0 Å². The Kier molecular flexibility index (Phi) is 16.8. The maximum Gasteiger partial charge on any atom is 0.335 e. The Hall–Kier alpha value is -1.63. The van der Waals surface area contributed by atoms with Crippen LogP contribution in [0.4, 0.5) is 0 Å². The molecule has 4 saturated heterocycles. The third-order valence-electron chi connectivity index (χ3n) is 21.6. The van der Waals surface area contributed by atoms with E-state index in [0.29, 0.717) is 19.3 Å². The van der Waals surface area contributed by atoms with Gasteiger partial charge in [-0.05, 0) is 104 Å². The highest BCUT2D eigenvalue weighted by molar-refractivity contribution is 5.73. The first-order valence-electron chi connectivity index (χ1n) is 27.8. The Labute approximate surface area is 449 Å². The number of hydrogen-bond donors (Lipinski definition) is 14. The van der Waals surface area contributed by atoms with Crippen LogP contribution < -0.4 is 0 Å². The minimum atomic E-state index is -2.21. The SMILES string of the molecule is CC1OC(OC2C(OC3C(C(=O)O)OC(OC4CCC5(C)C(CCC6(C)C5CC=C5C7CC(C)(C)CC(O)C7(C)CCC56C)C4(C)CO)C(OC4OC(CO)C(O)C(O)C4O)C3O)OC(CO)C(O)C2O)C(O)C(O)C1O. The minimum absolute atomic E-state index is 0.0203. The molecule has 0 aromatic rings. The van der Waals surface area contributed by atoms with E-state index in [9.17, 15) is 76.3 Å². The highest BCUT2D eigenvalue weighted by Gasteiger charge is 2.70. The van der Waals surface area contributed by atoms with Crippen LogP contribution in [0.2, 0.25) is 0 Å². The molecule has 4 heterocycles. The standard InChI is InChI=1S/C54H88O23/c1-22-31(59)34(62)37(65)45(70-22)75-41-36(64)33(61)26(20-56)72-47(41)74-40-39(67)42(76-46-38(66)35(63)32(60)25(19-55)71-46)48(77-43(40)44(68)69)73-30-12-13-51(5)27(52(30,6)21-57)11-14-54(8)28(51)10-9-23-24-17-49(2,3)18-29(58)50(24,4)15-16-53(23,54)7/h9,22,24-43,45-48,55-67H,10-21H2,1-8H3,(H,68,69). The summed E-state index contributed by atoms with van der Waals surface area (Å²) in [5.74, 6) is -1.47. The molecule has 14 N–H and O–H groups in total. The monoisotopic (exact) mass is 1100 g/mol. The lowest BCUT2D eigenvalue weighted by molar-refractivity contribution is -0.401. The summed E-state index contributed by atoms with van der Waals surface area (Å²) in [6.07, 6.45) is -29.4. The number of ether oxygens (including phenoxy) is 8. The zero-order valence-electron chi connectivity index (χ0n) is 45.4. The van der Waals surface area contributed by atoms with Crippen LogP contribution in [0.3, 0.4) is 0 Å². The van der Waals surface area contributed by atoms with Crippen LogP contribution in [-0.2, 0) is 42.7 Å². The number of fused-ring (bicyclic) bond motifs is 7. The Morgan fingerprint density at radius 3 is 1.74 bits per heavy atom. The van der Waals surface area contributed by atoms with E-state index in [2.05, 4.69) is 47.6 Å². The number of carbonyl (C=O) groups is 1. The molecule has 30 unspecified atom stereocenters. The van der Waals surface area contributed by atoms with Crippen LogP contribution in [0.15, 0.2) is 11.6 Å². The smallest absolute Gasteiger partial charge is 0.335 e. The maximum atomic E-state index is 13.4. The van der Waals surface area contributed by atoms with Gasteiger partial charge >= 0.3 is 5.97 Å². The maximum absolute atomic E-state index is 13.4. The number of aliphatic carboxylic acids is 1. The van der Waals surface area contributed by atoms with E-state index < -0.39 is 160 Å². The van der Waals surface area contributed by atoms with Crippen LogP contribution in [0.5, 0.6) is 0 Å². The Morgan fingerprint density at radius 2 is 1.13 bits per heavy atom. The van der Waals surface area contributed by atoms with Gasteiger partial charge in [0.2, 0.25) is 0 Å². The molecule has 9 rings (SSSR count). The summed E-state index contributed by atoms with van der Waals surface area (Å²) in [4.78, 5) is 13.4. The van der Waals surface area contributed by atoms with Crippen molar-refractivity contribution in [1.82, 2.24) is 0 Å². The molecule has 0 radical (unpaired) electrons. The number of hydrogen-bond acceptors (Lipinski definition) is 22. The molecule has 4 aliphatic heterocycles. The Balaban J connectivity index is 1.02. The highest BCUT2D eigenvalue weighted by atomic mass is 16.8. The first-order valence-corrected chi connectivity index (χ1v) is 27.8. The van der Waals surface area contributed by atoms with Crippen molar-refractivity contribution in [2.45, 2.75) is 248 Å². The van der Waals surface area contributed by atoms with Crippen molar-refractivity contribution in [1.29, 1.82) is 0 Å². The van der Waals surface area contributed by atoms with Gasteiger partial charge in [-0.1, -0.05) is 60.1 Å². The van der Waals surface area contributed by atoms with Gasteiger partial charge in [0.25, 0.3) is 0 Å². The van der Waals surface area contributed by atoms with Gasteiger partial charge in [0.1, 0.15) is 85.5 Å². The fraction of sp³-hybridized carbons (Fsp3) is 0.944. The van der Waals surface area contributed by atoms with Gasteiger partial charge in [0.15, 0.2) is 31.3 Å². The third-order valence-corrected chi connectivity index (χ3v) is 21.6. The Morgan fingerprint density at radius 1 is 0.571 bits per heavy atom. The average Bonchev–Trinajstić information content (AvgIpc) is 3.55. The second kappa shape index (κ2) is 21.5. The van der Waals surface area contributed by atoms with Gasteiger partial charge in [-0.25, -0.2) is 4.79 Å². The van der Waals surface area contributed by atoms with Gasteiger partial charge in [0, 0.05) is 10.8 Å². The van der Waals surface area contributed by atoms with Crippen molar-refractivity contribution in [3.05, 3.63) is 11.6 Å². The van der Waals surface area contributed by atoms with Gasteiger partial charge in [-0.2, -0.15) is 0 Å². The van der Waals surface area contributed by atoms with Crippen LogP contribution in [-0.4, -0.2) is 232 Å². The molecule has 0 bridgehead atoms. The highest BCUT2D eigenvalue weighted by Crippen LogP contribution is 2.76. The van der Waals surface area contributed by atoms with Crippen LogP contribution in [0, 0.1) is 50.2 Å². The van der Waals surface area contributed by atoms with E-state index in [1.807, 2.05) is 6.92 Å². The molecular weight excluding hydrogens is 1020 g/mol. The molecule has 23 heteroatoms. The third kappa shape index (κ3) is 9.70. The van der Waals surface area contributed by atoms with E-state index in [4.69, 9.17) is 37.9 Å². The molecule has 5 aliphatic carbocycles. The van der Waals surface area contributed by atoms with E-state index in [-0.39, 0.29) is 51.4 Å². The van der Waals surface area contributed by atoms with Gasteiger partial charge < -0.3 is 109 Å². The number of aliphatic hydroxyl groups excluding tert-OH is 13. The number of allylic oxidation sites excluding steroid dienone is 2. The van der Waals surface area contributed by atoms with E-state index >= 15 is 0 Å². The molecule has 9 aliphatic rings. The fourth-order valence-electron chi connectivity index (χ4n) is 16.6. The molecular formula is C54H88O23. The Bertz CT molecular complexity index is 2130.